The van der Waals surface area contributed by atoms with E-state index in [2.05, 4.69) is 20.3 Å². The Hall–Kier alpha value is -3.44. The van der Waals surface area contributed by atoms with Crippen LogP contribution in [0.2, 0.25) is 0 Å². The Balaban J connectivity index is 1.25. The molecular formula is C31H36F3N5O2S. The molecule has 0 spiro atoms. The highest BCUT2D eigenvalue weighted by atomic mass is 32.1. The van der Waals surface area contributed by atoms with Crippen molar-refractivity contribution in [2.24, 2.45) is 5.92 Å². The van der Waals surface area contributed by atoms with Crippen LogP contribution in [0.5, 0.6) is 5.75 Å². The van der Waals surface area contributed by atoms with E-state index in [9.17, 15) is 18.0 Å². The number of hydrogen-bond donors (Lipinski definition) is 1. The van der Waals surface area contributed by atoms with Gasteiger partial charge in [0.05, 0.1) is 11.1 Å². The Morgan fingerprint density at radius 1 is 1.05 bits per heavy atom. The molecule has 42 heavy (non-hydrogen) atoms. The van der Waals surface area contributed by atoms with E-state index in [1.807, 2.05) is 30.5 Å². The number of amides is 1. The van der Waals surface area contributed by atoms with E-state index in [0.717, 1.165) is 47.8 Å². The molecule has 7 nitrogen and oxygen atoms in total. The van der Waals surface area contributed by atoms with E-state index in [1.54, 1.807) is 42.2 Å². The molecule has 1 atom stereocenters. The average Bonchev–Trinajstić information content (AvgIpc) is 3.65. The molecule has 0 bridgehead atoms. The summed E-state index contributed by atoms with van der Waals surface area (Å²) in [5.41, 5.74) is 3.81. The fourth-order valence-electron chi connectivity index (χ4n) is 5.48. The monoisotopic (exact) mass is 599 g/mol. The number of likely N-dealkylation sites (tertiary alicyclic amines) is 1. The number of ether oxygens (including phenoxy) is 1. The summed E-state index contributed by atoms with van der Waals surface area (Å²) < 4.78 is 48.6. The zero-order valence-corrected chi connectivity index (χ0v) is 24.7. The number of alkyl halides is 3. The van der Waals surface area contributed by atoms with Gasteiger partial charge in [-0.1, -0.05) is 45.2 Å². The van der Waals surface area contributed by atoms with Gasteiger partial charge in [-0.2, -0.15) is 18.3 Å². The lowest BCUT2D eigenvalue weighted by Gasteiger charge is -2.28. The SMILES string of the molecule is CCC(CC)[C@@H](NC(=O)c1cc(-c2cnn3cc(-c4ccc(OCCN5CCCCC5)cc4)cnc23)cs1)C(F)(F)F. The molecule has 1 N–H and O–H groups in total. The fraction of sp³-hybridized carbons (Fsp3) is 0.452. The predicted molar refractivity (Wildman–Crippen MR) is 159 cm³/mol. The number of halogens is 3. The zero-order valence-electron chi connectivity index (χ0n) is 23.9. The first-order chi connectivity index (χ1) is 20.3. The third-order valence-electron chi connectivity index (χ3n) is 7.96. The number of rotatable bonds is 11. The van der Waals surface area contributed by atoms with Gasteiger partial charge in [0.2, 0.25) is 0 Å². The molecule has 3 aromatic heterocycles. The number of thiophene rings is 1. The maximum absolute atomic E-state index is 13.7. The van der Waals surface area contributed by atoms with Crippen LogP contribution in [0.3, 0.4) is 0 Å². The van der Waals surface area contributed by atoms with Crippen LogP contribution in [0.15, 0.2) is 54.3 Å². The number of nitrogens with one attached hydrogen (secondary N) is 1. The number of nitrogens with zero attached hydrogens (tertiary/aromatic N) is 4. The first kappa shape index (κ1) is 30.0. The Bertz CT molecular complexity index is 1470. The molecule has 1 saturated heterocycles. The number of fused-ring (bicyclic) bond motifs is 1. The van der Waals surface area contributed by atoms with Gasteiger partial charge in [0.25, 0.3) is 5.91 Å². The summed E-state index contributed by atoms with van der Waals surface area (Å²) in [6.07, 6.45) is 5.26. The molecule has 1 aliphatic rings. The summed E-state index contributed by atoms with van der Waals surface area (Å²) in [4.78, 5) is 20.1. The van der Waals surface area contributed by atoms with Crippen LogP contribution >= 0.6 is 11.3 Å². The van der Waals surface area contributed by atoms with Crippen molar-refractivity contribution < 1.29 is 22.7 Å². The van der Waals surface area contributed by atoms with Gasteiger partial charge in [-0.05, 0) is 66.6 Å². The van der Waals surface area contributed by atoms with E-state index in [1.165, 1.54) is 19.3 Å². The molecule has 224 valence electrons. The summed E-state index contributed by atoms with van der Waals surface area (Å²) in [6, 6.07) is 7.59. The quantitative estimate of drug-likeness (QED) is 0.199. The molecule has 0 saturated carbocycles. The average molecular weight is 600 g/mol. The van der Waals surface area contributed by atoms with Gasteiger partial charge in [-0.25, -0.2) is 9.50 Å². The number of carbonyl (C=O) groups is 1. The highest BCUT2D eigenvalue weighted by Gasteiger charge is 2.44. The van der Waals surface area contributed by atoms with Crippen molar-refractivity contribution in [3.8, 4) is 28.0 Å². The summed E-state index contributed by atoms with van der Waals surface area (Å²) >= 11 is 1.10. The molecule has 11 heteroatoms. The molecule has 1 aliphatic heterocycles. The molecule has 0 radical (unpaired) electrons. The molecule has 1 amide bonds. The van der Waals surface area contributed by atoms with E-state index in [0.29, 0.717) is 36.2 Å². The number of piperidine rings is 1. The van der Waals surface area contributed by atoms with Crippen molar-refractivity contribution in [2.75, 3.05) is 26.2 Å². The lowest BCUT2D eigenvalue weighted by molar-refractivity contribution is -0.165. The minimum absolute atomic E-state index is 0.208. The molecule has 4 heterocycles. The first-order valence-corrected chi connectivity index (χ1v) is 15.4. The van der Waals surface area contributed by atoms with Gasteiger partial charge in [-0.15, -0.1) is 11.3 Å². The standard InChI is InChI=1S/C31H36F3N5O2S/c1-3-21(4-2)28(31(32,33)34)37-30(40)27-16-23(20-42-27)26-18-36-39-19-24(17-35-29(26)39)22-8-10-25(11-9-22)41-15-14-38-12-6-5-7-13-38/h8-11,16-21,28H,3-7,12-15H2,1-2H3,(H,37,40)/t28-/m1/s1. The van der Waals surface area contributed by atoms with Crippen LogP contribution in [-0.2, 0) is 0 Å². The van der Waals surface area contributed by atoms with Gasteiger partial charge < -0.3 is 10.1 Å². The van der Waals surface area contributed by atoms with Crippen molar-refractivity contribution in [1.29, 1.82) is 0 Å². The van der Waals surface area contributed by atoms with E-state index < -0.39 is 24.0 Å². The second kappa shape index (κ2) is 13.2. The fourth-order valence-corrected chi connectivity index (χ4v) is 6.29. The molecule has 0 aliphatic carbocycles. The van der Waals surface area contributed by atoms with Gasteiger partial charge in [0.15, 0.2) is 5.65 Å². The Morgan fingerprint density at radius 3 is 2.48 bits per heavy atom. The van der Waals surface area contributed by atoms with Crippen LogP contribution in [0.4, 0.5) is 13.2 Å². The van der Waals surface area contributed by atoms with Gasteiger partial charge in [0.1, 0.15) is 18.4 Å². The van der Waals surface area contributed by atoms with E-state index in [-0.39, 0.29) is 4.88 Å². The van der Waals surface area contributed by atoms with E-state index >= 15 is 0 Å². The number of hydrogen-bond acceptors (Lipinski definition) is 6. The van der Waals surface area contributed by atoms with Crippen LogP contribution in [0, 0.1) is 5.92 Å². The van der Waals surface area contributed by atoms with Crippen molar-refractivity contribution in [3.63, 3.8) is 0 Å². The lowest BCUT2D eigenvalue weighted by atomic mass is 9.93. The molecule has 0 unspecified atom stereocenters. The maximum atomic E-state index is 13.7. The second-order valence-corrected chi connectivity index (χ2v) is 11.6. The van der Waals surface area contributed by atoms with Gasteiger partial charge in [0, 0.05) is 30.1 Å². The number of benzene rings is 1. The zero-order chi connectivity index (χ0) is 29.7. The van der Waals surface area contributed by atoms with Gasteiger partial charge >= 0.3 is 6.18 Å². The summed E-state index contributed by atoms with van der Waals surface area (Å²) in [6.45, 7) is 7.30. The third kappa shape index (κ3) is 6.95. The minimum Gasteiger partial charge on any atom is -0.492 e. The Kier molecular flexibility index (Phi) is 9.47. The molecule has 5 rings (SSSR count). The second-order valence-electron chi connectivity index (χ2n) is 10.7. The molecular weight excluding hydrogens is 563 g/mol. The largest absolute Gasteiger partial charge is 0.492 e. The number of carbonyl (C=O) groups excluding carboxylic acids is 1. The van der Waals surface area contributed by atoms with Crippen molar-refractivity contribution in [3.05, 3.63) is 59.2 Å². The summed E-state index contributed by atoms with van der Waals surface area (Å²) in [5.74, 6) is -0.587. The summed E-state index contributed by atoms with van der Waals surface area (Å²) in [5, 5.41) is 8.41. The third-order valence-corrected chi connectivity index (χ3v) is 8.89. The van der Waals surface area contributed by atoms with E-state index in [4.69, 9.17) is 4.74 Å². The molecule has 1 fully saturated rings. The topological polar surface area (TPSA) is 71.8 Å². The van der Waals surface area contributed by atoms with Gasteiger partial charge in [-0.3, -0.25) is 9.69 Å². The minimum atomic E-state index is -4.52. The summed E-state index contributed by atoms with van der Waals surface area (Å²) in [7, 11) is 0. The number of aromatic nitrogens is 3. The normalized spacial score (nSPS) is 15.3. The lowest BCUT2D eigenvalue weighted by Crippen LogP contribution is -2.49. The smallest absolute Gasteiger partial charge is 0.408 e. The molecule has 1 aromatic carbocycles. The molecule has 4 aromatic rings. The highest BCUT2D eigenvalue weighted by molar-refractivity contribution is 7.12. The Labute approximate surface area is 247 Å². The highest BCUT2D eigenvalue weighted by Crippen LogP contribution is 2.32. The van der Waals surface area contributed by atoms with Crippen LogP contribution in [0.1, 0.15) is 55.6 Å². The van der Waals surface area contributed by atoms with Crippen LogP contribution in [0.25, 0.3) is 27.9 Å². The Morgan fingerprint density at radius 2 is 1.79 bits per heavy atom. The maximum Gasteiger partial charge on any atom is 0.408 e. The first-order valence-electron chi connectivity index (χ1n) is 14.5. The van der Waals surface area contributed by atoms with Crippen molar-refractivity contribution in [2.45, 2.75) is 58.2 Å². The van der Waals surface area contributed by atoms with Crippen LogP contribution < -0.4 is 10.1 Å². The van der Waals surface area contributed by atoms with Crippen LogP contribution in [-0.4, -0.2) is 63.9 Å². The van der Waals surface area contributed by atoms with Crippen molar-refractivity contribution in [1.82, 2.24) is 24.8 Å². The predicted octanol–water partition coefficient (Wildman–Crippen LogP) is 7.09. The van der Waals surface area contributed by atoms with Crippen molar-refractivity contribution >= 4 is 22.9 Å².